The van der Waals surface area contributed by atoms with Crippen molar-refractivity contribution < 1.29 is 5.11 Å². The lowest BCUT2D eigenvalue weighted by Crippen LogP contribution is -2.21. The molecule has 6 nitrogen and oxygen atoms in total. The lowest BCUT2D eigenvalue weighted by atomic mass is 10.1. The molecule has 3 aromatic rings. The average Bonchev–Trinajstić information content (AvgIpc) is 3.02. The molecular formula is C18H20ClN5O. The van der Waals surface area contributed by atoms with E-state index in [-0.39, 0.29) is 6.61 Å². The number of aliphatic hydroxyl groups excluding tert-OH is 1. The van der Waals surface area contributed by atoms with Crippen molar-refractivity contribution in [2.75, 3.05) is 24.6 Å². The first-order chi connectivity index (χ1) is 12.2. The molecule has 1 saturated carbocycles. The summed E-state index contributed by atoms with van der Waals surface area (Å²) in [7, 11) is 0. The van der Waals surface area contributed by atoms with Crippen LogP contribution in [0.5, 0.6) is 0 Å². The lowest BCUT2D eigenvalue weighted by molar-refractivity contribution is 0.238. The molecule has 1 atom stereocenters. The van der Waals surface area contributed by atoms with Gasteiger partial charge in [0.2, 0.25) is 0 Å². The molecular weight excluding hydrogens is 338 g/mol. The van der Waals surface area contributed by atoms with E-state index < -0.39 is 0 Å². The molecule has 0 radical (unpaired) electrons. The standard InChI is InChI=1S/C18H20ClN5O/c19-16-5-13-7-21-24(15-8-20-23(10-15)14-1-2-14)17(13)6-18(16)22-4-3-12(9-22)11-25/h5-8,10,12,14,25H,1-4,9,11H2/t12-/m0/s1. The van der Waals surface area contributed by atoms with Gasteiger partial charge >= 0.3 is 0 Å². The Morgan fingerprint density at radius 1 is 1.16 bits per heavy atom. The summed E-state index contributed by atoms with van der Waals surface area (Å²) in [6, 6.07) is 4.65. The number of aliphatic hydroxyl groups is 1. The Balaban J connectivity index is 1.55. The van der Waals surface area contributed by atoms with Gasteiger partial charge in [0, 0.05) is 31.0 Å². The highest BCUT2D eigenvalue weighted by Crippen LogP contribution is 2.36. The van der Waals surface area contributed by atoms with E-state index in [0.717, 1.165) is 46.8 Å². The molecule has 2 fully saturated rings. The Hall–Kier alpha value is -2.05. The highest BCUT2D eigenvalue weighted by atomic mass is 35.5. The summed E-state index contributed by atoms with van der Waals surface area (Å²) in [4.78, 5) is 2.26. The van der Waals surface area contributed by atoms with Crippen molar-refractivity contribution >= 4 is 28.2 Å². The van der Waals surface area contributed by atoms with Gasteiger partial charge in [-0.05, 0) is 31.4 Å². The molecule has 1 N–H and O–H groups in total. The molecule has 0 spiro atoms. The van der Waals surface area contributed by atoms with E-state index in [1.165, 1.54) is 12.8 Å². The first-order valence-electron chi connectivity index (χ1n) is 8.80. The van der Waals surface area contributed by atoms with E-state index in [4.69, 9.17) is 11.6 Å². The molecule has 1 aliphatic carbocycles. The molecule has 0 amide bonds. The summed E-state index contributed by atoms with van der Waals surface area (Å²) in [5.74, 6) is 0.327. The number of fused-ring (bicyclic) bond motifs is 1. The summed E-state index contributed by atoms with van der Waals surface area (Å²) in [5, 5.41) is 20.2. The Labute approximate surface area is 150 Å². The molecule has 2 aromatic heterocycles. The van der Waals surface area contributed by atoms with E-state index in [0.29, 0.717) is 12.0 Å². The van der Waals surface area contributed by atoms with E-state index in [1.54, 1.807) is 0 Å². The van der Waals surface area contributed by atoms with Gasteiger partial charge < -0.3 is 10.0 Å². The van der Waals surface area contributed by atoms with Crippen LogP contribution in [0.1, 0.15) is 25.3 Å². The Morgan fingerprint density at radius 3 is 2.80 bits per heavy atom. The third-order valence-electron chi connectivity index (χ3n) is 5.27. The van der Waals surface area contributed by atoms with Gasteiger partial charge in [-0.3, -0.25) is 4.68 Å². The van der Waals surface area contributed by atoms with Crippen LogP contribution in [0.25, 0.3) is 16.6 Å². The zero-order valence-electron chi connectivity index (χ0n) is 13.8. The minimum atomic E-state index is 0.231. The van der Waals surface area contributed by atoms with Gasteiger partial charge in [0.15, 0.2) is 0 Å². The normalized spacial score (nSPS) is 20.7. The Bertz CT molecular complexity index is 929. The molecule has 3 heterocycles. The van der Waals surface area contributed by atoms with Crippen LogP contribution in [0.15, 0.2) is 30.7 Å². The fourth-order valence-electron chi connectivity index (χ4n) is 3.66. The van der Waals surface area contributed by atoms with Crippen molar-refractivity contribution in [1.82, 2.24) is 19.6 Å². The second kappa shape index (κ2) is 5.75. The molecule has 1 aromatic carbocycles. The minimum Gasteiger partial charge on any atom is -0.396 e. The van der Waals surface area contributed by atoms with Gasteiger partial charge in [0.25, 0.3) is 0 Å². The highest BCUT2D eigenvalue weighted by molar-refractivity contribution is 6.34. The van der Waals surface area contributed by atoms with Crippen LogP contribution in [0.2, 0.25) is 5.02 Å². The number of anilines is 1. The van der Waals surface area contributed by atoms with Gasteiger partial charge in [0.1, 0.15) is 5.69 Å². The van der Waals surface area contributed by atoms with Gasteiger partial charge in [-0.15, -0.1) is 0 Å². The zero-order valence-corrected chi connectivity index (χ0v) is 14.6. The highest BCUT2D eigenvalue weighted by Gasteiger charge is 2.26. The van der Waals surface area contributed by atoms with E-state index in [2.05, 4.69) is 27.4 Å². The molecule has 130 valence electrons. The monoisotopic (exact) mass is 357 g/mol. The number of benzene rings is 1. The van der Waals surface area contributed by atoms with Gasteiger partial charge in [0.05, 0.1) is 40.9 Å². The number of aromatic nitrogens is 4. The quantitative estimate of drug-likeness (QED) is 0.779. The predicted molar refractivity (Wildman–Crippen MR) is 97.5 cm³/mol. The summed E-state index contributed by atoms with van der Waals surface area (Å²) in [6.45, 7) is 1.99. The Kier molecular flexibility index (Phi) is 3.50. The molecule has 7 heteroatoms. The molecule has 25 heavy (non-hydrogen) atoms. The fourth-order valence-corrected chi connectivity index (χ4v) is 3.95. The Morgan fingerprint density at radius 2 is 2.04 bits per heavy atom. The molecule has 2 aliphatic rings. The smallest absolute Gasteiger partial charge is 0.103 e. The molecule has 0 unspecified atom stereocenters. The molecule has 1 aliphatic heterocycles. The van der Waals surface area contributed by atoms with Crippen molar-refractivity contribution in [3.05, 3.63) is 35.7 Å². The summed E-state index contributed by atoms with van der Waals surface area (Å²) in [5.41, 5.74) is 3.02. The van der Waals surface area contributed by atoms with E-state index >= 15 is 0 Å². The van der Waals surface area contributed by atoms with Crippen LogP contribution in [-0.2, 0) is 0 Å². The van der Waals surface area contributed by atoms with Crippen molar-refractivity contribution in [3.63, 3.8) is 0 Å². The van der Waals surface area contributed by atoms with Gasteiger partial charge in [-0.1, -0.05) is 11.6 Å². The fraction of sp³-hybridized carbons (Fsp3) is 0.444. The lowest BCUT2D eigenvalue weighted by Gasteiger charge is -2.20. The third-order valence-corrected chi connectivity index (χ3v) is 5.58. The van der Waals surface area contributed by atoms with Crippen molar-refractivity contribution in [1.29, 1.82) is 0 Å². The molecule has 0 bridgehead atoms. The molecule has 1 saturated heterocycles. The number of hydrogen-bond donors (Lipinski definition) is 1. The number of hydrogen-bond acceptors (Lipinski definition) is 4. The first kappa shape index (κ1) is 15.2. The molecule has 5 rings (SSSR count). The van der Waals surface area contributed by atoms with Crippen LogP contribution in [0.3, 0.4) is 0 Å². The van der Waals surface area contributed by atoms with Crippen molar-refractivity contribution in [3.8, 4) is 5.69 Å². The maximum absolute atomic E-state index is 9.40. The largest absolute Gasteiger partial charge is 0.396 e. The van der Waals surface area contributed by atoms with Crippen molar-refractivity contribution in [2.24, 2.45) is 5.92 Å². The minimum absolute atomic E-state index is 0.231. The SMILES string of the molecule is OC[C@H]1CCN(c2cc3c(cnn3-c3cnn(C4CC4)c3)cc2Cl)C1. The van der Waals surface area contributed by atoms with Gasteiger partial charge in [-0.2, -0.15) is 10.2 Å². The number of nitrogens with zero attached hydrogens (tertiary/aromatic N) is 5. The average molecular weight is 358 g/mol. The van der Waals surface area contributed by atoms with Crippen LogP contribution < -0.4 is 4.90 Å². The van der Waals surface area contributed by atoms with Crippen molar-refractivity contribution in [2.45, 2.75) is 25.3 Å². The van der Waals surface area contributed by atoms with Crippen LogP contribution >= 0.6 is 11.6 Å². The third kappa shape index (κ3) is 2.60. The summed E-state index contributed by atoms with van der Waals surface area (Å²) in [6.07, 6.45) is 9.20. The van der Waals surface area contributed by atoms with E-state index in [9.17, 15) is 5.11 Å². The summed E-state index contributed by atoms with van der Waals surface area (Å²) < 4.78 is 3.96. The second-order valence-corrected chi connectivity index (χ2v) is 7.52. The maximum Gasteiger partial charge on any atom is 0.103 e. The van der Waals surface area contributed by atoms with Crippen LogP contribution in [0, 0.1) is 5.92 Å². The zero-order chi connectivity index (χ0) is 17.0. The van der Waals surface area contributed by atoms with E-state index in [1.807, 2.05) is 27.8 Å². The van der Waals surface area contributed by atoms with Gasteiger partial charge in [-0.25, -0.2) is 4.68 Å². The van der Waals surface area contributed by atoms with Crippen LogP contribution in [0.4, 0.5) is 5.69 Å². The van der Waals surface area contributed by atoms with Crippen LogP contribution in [-0.4, -0.2) is 44.4 Å². The first-order valence-corrected chi connectivity index (χ1v) is 9.18. The summed E-state index contributed by atoms with van der Waals surface area (Å²) >= 11 is 6.53. The second-order valence-electron chi connectivity index (χ2n) is 7.11. The topological polar surface area (TPSA) is 59.1 Å². The number of halogens is 1. The maximum atomic E-state index is 9.40. The number of rotatable bonds is 4. The predicted octanol–water partition coefficient (Wildman–Crippen LogP) is 3.03.